The number of aryl methyl sites for hydroxylation is 8. The molecule has 0 saturated carbocycles. The lowest BCUT2D eigenvalue weighted by molar-refractivity contribution is -0.659. The molecule has 2 saturated heterocycles. The van der Waals surface area contributed by atoms with E-state index in [1.165, 1.54) is 187 Å². The van der Waals surface area contributed by atoms with Gasteiger partial charge in [-0.25, -0.2) is 18.3 Å². The van der Waals surface area contributed by atoms with Crippen LogP contribution in [0.5, 0.6) is 0 Å². The molecule has 638 valence electrons. The number of nitrogens with zero attached hydrogens (tertiary/aromatic N) is 8. The van der Waals surface area contributed by atoms with E-state index in [0.717, 1.165) is 72.3 Å². The molecule has 2 fully saturated rings. The van der Waals surface area contributed by atoms with Gasteiger partial charge in [0.1, 0.15) is 44.3 Å². The quantitative estimate of drug-likeness (QED) is 0.0729. The van der Waals surface area contributed by atoms with Crippen molar-refractivity contribution in [2.45, 2.75) is 186 Å². The molecular formula is C115H126N8Si4+4. The molecule has 0 amide bonds. The van der Waals surface area contributed by atoms with Gasteiger partial charge in [-0.2, -0.15) is 21.0 Å². The summed E-state index contributed by atoms with van der Waals surface area (Å²) in [7, 11) is 1.78. The maximum atomic E-state index is 9.65. The molecular weight excluding hydrogens is 1610 g/mol. The SMILES string of the molecule is Cc1cc(-c2c3ccc([Si](C)(C)c4ccccc4)cc3cc[n+]2C)c(C)c(C)c1C#N.Cc1cc(-c2c3ccc([Si](C)(c4ccccc4)c4ccccc4)cc3cc[n+]2C)c(C)c(C)c1C#N.Cc1cc(-c2c3ccc([Si]4(C)CCC(C)(C)CC4)cc3cc[n+]2C)c(C)c(C)c1C#N.Cc1cc(-c2c3ccc([Si]4(C)CCCCC4)cc3cc[n+]2C)c(C)c(C)c1C#N. The first-order valence-corrected chi connectivity index (χ1v) is 56.8. The molecule has 2 aliphatic rings. The van der Waals surface area contributed by atoms with Gasteiger partial charge in [0, 0.05) is 24.3 Å². The van der Waals surface area contributed by atoms with E-state index < -0.39 is 32.3 Å². The van der Waals surface area contributed by atoms with Crippen molar-refractivity contribution in [2.75, 3.05) is 0 Å². The van der Waals surface area contributed by atoms with Crippen LogP contribution in [0.4, 0.5) is 0 Å². The fraction of sp³-hybridized carbons (Fsp3) is 0.287. The Balaban J connectivity index is 0.000000138. The lowest BCUT2D eigenvalue weighted by atomic mass is 9.87. The Labute approximate surface area is 760 Å². The highest BCUT2D eigenvalue weighted by atomic mass is 28.3. The summed E-state index contributed by atoms with van der Waals surface area (Å²) < 4.78 is 8.88. The van der Waals surface area contributed by atoms with Gasteiger partial charge in [-0.1, -0.05) is 263 Å². The van der Waals surface area contributed by atoms with Crippen molar-refractivity contribution in [1.82, 2.24) is 0 Å². The van der Waals surface area contributed by atoms with Gasteiger partial charge in [0.15, 0.2) is 24.8 Å². The van der Waals surface area contributed by atoms with Gasteiger partial charge in [-0.15, -0.1) is 0 Å². The summed E-state index contributed by atoms with van der Waals surface area (Å²) in [6.45, 7) is 42.3. The predicted molar refractivity (Wildman–Crippen MR) is 543 cm³/mol. The van der Waals surface area contributed by atoms with Crippen LogP contribution in [-0.4, -0.2) is 32.3 Å². The second-order valence-corrected chi connectivity index (χ2v) is 56.7. The second-order valence-electron chi connectivity index (χ2n) is 38.9. The highest BCUT2D eigenvalue weighted by Crippen LogP contribution is 2.43. The zero-order valence-corrected chi connectivity index (χ0v) is 83.5. The number of fused-ring (bicyclic) bond motifs is 4. The Bertz CT molecular complexity index is 6980. The molecule has 12 heteroatoms. The van der Waals surface area contributed by atoms with E-state index in [4.69, 9.17) is 0 Å². The monoisotopic (exact) mass is 1730 g/mol. The minimum atomic E-state index is -2.19. The van der Waals surface area contributed by atoms with Gasteiger partial charge < -0.3 is 0 Å². The second kappa shape index (κ2) is 36.7. The van der Waals surface area contributed by atoms with Crippen LogP contribution in [0.1, 0.15) is 135 Å². The normalized spacial score (nSPS) is 14.0. The molecule has 11 aromatic carbocycles. The van der Waals surface area contributed by atoms with Crippen LogP contribution in [0, 0.1) is 134 Å². The third kappa shape index (κ3) is 17.4. The minimum Gasteiger partial charge on any atom is -0.200 e. The largest absolute Gasteiger partial charge is 0.220 e. The molecule has 4 aromatic heterocycles. The van der Waals surface area contributed by atoms with Gasteiger partial charge in [0.25, 0.3) is 0 Å². The Morgan fingerprint density at radius 1 is 0.299 bits per heavy atom. The summed E-state index contributed by atoms with van der Waals surface area (Å²) in [6.07, 6.45) is 15.6. The van der Waals surface area contributed by atoms with Gasteiger partial charge in [-0.3, -0.25) is 0 Å². The van der Waals surface area contributed by atoms with Gasteiger partial charge >= 0.3 is 0 Å². The number of hydrogen-bond acceptors (Lipinski definition) is 4. The first kappa shape index (κ1) is 91.1. The van der Waals surface area contributed by atoms with Crippen LogP contribution in [0.3, 0.4) is 0 Å². The van der Waals surface area contributed by atoms with Crippen LogP contribution < -0.4 is 54.6 Å². The molecule has 0 spiro atoms. The lowest BCUT2D eigenvalue weighted by Crippen LogP contribution is -2.64. The molecule has 17 rings (SSSR count). The molecule has 0 aliphatic carbocycles. The molecule has 6 heterocycles. The number of nitriles is 4. The Kier molecular flexibility index (Phi) is 26.3. The topological polar surface area (TPSA) is 111 Å². The zero-order valence-electron chi connectivity index (χ0n) is 79.5. The molecule has 2 aliphatic heterocycles. The molecule has 0 radical (unpaired) electrons. The van der Waals surface area contributed by atoms with Crippen molar-refractivity contribution in [3.05, 3.63) is 326 Å². The van der Waals surface area contributed by atoms with E-state index in [-0.39, 0.29) is 0 Å². The van der Waals surface area contributed by atoms with Crippen LogP contribution in [-0.2, 0) is 28.2 Å². The summed E-state index contributed by atoms with van der Waals surface area (Å²) in [5.74, 6) is 0. The van der Waals surface area contributed by atoms with Crippen LogP contribution in [0.25, 0.3) is 88.1 Å². The average Bonchev–Trinajstić information content (AvgIpc) is 0.755. The Morgan fingerprint density at radius 3 is 0.890 bits per heavy atom. The fourth-order valence-electron chi connectivity index (χ4n) is 20.7. The summed E-state index contributed by atoms with van der Waals surface area (Å²) >= 11 is 0. The van der Waals surface area contributed by atoms with Crippen LogP contribution >= 0.6 is 0 Å². The highest BCUT2D eigenvalue weighted by molar-refractivity contribution is 7.10. The lowest BCUT2D eigenvalue weighted by Gasteiger charge is -2.40. The standard InChI is InChI=1S/C33H31N2Si.C28H35N2Si.C28H29N2Si.C26H31N2Si/c1-23-20-31(24(2)25(3)32(23)22-34)33-30-17-16-29(21-26(30)18-19-35(33)4)36(5,27-12-8-6-9-13-27)28-14-10-7-11-15-28;1-19-16-25(20(2)21(3)26(19)18-29)27-24-9-8-23(17-22(24)10-13-30(27)6)31(7)14-11-28(4,5)12-15-31;1-19-16-26(20(2)21(3)27(19)18-29)28-25-13-12-24(17-22(25)14-15-30(28)4)31(5,6)23-10-8-7-9-11-23;1-18-15-24(19(2)20(3)25(18)17-27)26-23-10-9-22(16-21(23)11-12-28(26)4)29(5)13-7-6-8-14-29/h6-21H,1-5H3;8-10,13,16-17H,11-12,14-15H2,1-7H3;7-17H,1-6H3;9-12,15-16H,6-8,13-14H2,1-5H3/q4*+1. The number of benzene rings is 11. The maximum Gasteiger partial charge on any atom is 0.220 e. The maximum absolute atomic E-state index is 9.65. The van der Waals surface area contributed by atoms with Crippen LogP contribution in [0.2, 0.25) is 56.9 Å². The van der Waals surface area contributed by atoms with E-state index in [2.05, 4.69) is 417 Å². The van der Waals surface area contributed by atoms with E-state index >= 15 is 0 Å². The number of aromatic nitrogens is 4. The molecule has 0 atom stereocenters. The van der Waals surface area contributed by atoms with Crippen molar-refractivity contribution in [2.24, 2.45) is 33.6 Å². The first-order chi connectivity index (χ1) is 60.5. The molecule has 15 aromatic rings. The fourth-order valence-corrected chi connectivity index (χ4v) is 34.8. The number of rotatable bonds is 11. The van der Waals surface area contributed by atoms with E-state index in [0.29, 0.717) is 5.41 Å². The third-order valence-corrected chi connectivity index (χ3v) is 47.0. The minimum absolute atomic E-state index is 0.507. The Hall–Kier alpha value is -12.1. The molecule has 0 N–H and O–H groups in total. The molecule has 127 heavy (non-hydrogen) atoms. The van der Waals surface area contributed by atoms with Crippen molar-refractivity contribution in [3.63, 3.8) is 0 Å². The number of pyridine rings is 4. The van der Waals surface area contributed by atoms with Gasteiger partial charge in [0.05, 0.1) is 106 Å². The van der Waals surface area contributed by atoms with Crippen molar-refractivity contribution < 1.29 is 18.3 Å². The highest BCUT2D eigenvalue weighted by Gasteiger charge is 2.40. The smallest absolute Gasteiger partial charge is 0.200 e. The summed E-state index contributed by atoms with van der Waals surface area (Å²) in [5.41, 5.74) is 26.7. The van der Waals surface area contributed by atoms with E-state index in [1.54, 1.807) is 10.4 Å². The van der Waals surface area contributed by atoms with Gasteiger partial charge in [-0.05, 0) is 241 Å². The van der Waals surface area contributed by atoms with Crippen molar-refractivity contribution >= 4 is 112 Å². The van der Waals surface area contributed by atoms with E-state index in [1.807, 2.05) is 20.8 Å². The zero-order chi connectivity index (χ0) is 91.1. The molecule has 0 bridgehead atoms. The number of hydrogen-bond donors (Lipinski definition) is 0. The molecule has 0 unspecified atom stereocenters. The van der Waals surface area contributed by atoms with E-state index in [9.17, 15) is 21.0 Å². The summed E-state index contributed by atoms with van der Waals surface area (Å²) in [6, 6.07) is 94.3. The average molecular weight is 1730 g/mol. The molecule has 8 nitrogen and oxygen atoms in total. The summed E-state index contributed by atoms with van der Waals surface area (Å²) in [5, 5.41) is 58.9. The van der Waals surface area contributed by atoms with Crippen LogP contribution in [0.15, 0.2) is 237 Å². The summed E-state index contributed by atoms with van der Waals surface area (Å²) in [4.78, 5) is 0. The Morgan fingerprint density at radius 2 is 0.575 bits per heavy atom. The third-order valence-electron chi connectivity index (χ3n) is 30.0. The van der Waals surface area contributed by atoms with Crippen molar-refractivity contribution in [1.29, 1.82) is 21.0 Å². The predicted octanol–water partition coefficient (Wildman–Crippen LogP) is 22.0. The van der Waals surface area contributed by atoms with Crippen molar-refractivity contribution in [3.8, 4) is 69.3 Å². The first-order valence-electron chi connectivity index (χ1n) is 45.5. The van der Waals surface area contributed by atoms with Gasteiger partial charge in [0.2, 0.25) is 22.8 Å².